The lowest BCUT2D eigenvalue weighted by Crippen LogP contribution is -2.61. The average Bonchev–Trinajstić information content (AvgIpc) is 2.83. The van der Waals surface area contributed by atoms with Gasteiger partial charge in [0.05, 0.1) is 44.3 Å². The van der Waals surface area contributed by atoms with E-state index in [0.717, 1.165) is 12.8 Å². The van der Waals surface area contributed by atoms with Crippen LogP contribution in [0.5, 0.6) is 0 Å². The standard InChI is InChI=1S/C15H22FNO5/c1-2-22-13(19)15(16)8-17(7-14(15)9-21-10-14)12(18)11-4-3-5-20-6-11/h11H,2-10H2,1H3/t11-,15+/m1/s1. The smallest absolute Gasteiger partial charge is 0.346 e. The van der Waals surface area contributed by atoms with Crippen LogP contribution in [0.1, 0.15) is 19.8 Å². The molecule has 0 N–H and O–H groups in total. The van der Waals surface area contributed by atoms with Crippen molar-refractivity contribution in [2.75, 3.05) is 46.1 Å². The monoisotopic (exact) mass is 315 g/mol. The van der Waals surface area contributed by atoms with Gasteiger partial charge in [-0.15, -0.1) is 0 Å². The summed E-state index contributed by atoms with van der Waals surface area (Å²) in [5.74, 6) is -1.25. The highest BCUT2D eigenvalue weighted by atomic mass is 19.1. The summed E-state index contributed by atoms with van der Waals surface area (Å²) in [6.45, 7) is 3.05. The van der Waals surface area contributed by atoms with Crippen LogP contribution in [0.2, 0.25) is 0 Å². The highest BCUT2D eigenvalue weighted by Gasteiger charge is 2.68. The van der Waals surface area contributed by atoms with Crippen LogP contribution in [0.3, 0.4) is 0 Å². The number of ether oxygens (including phenoxy) is 3. The molecular formula is C15H22FNO5. The highest BCUT2D eigenvalue weighted by Crippen LogP contribution is 2.49. The Morgan fingerprint density at radius 2 is 2.09 bits per heavy atom. The van der Waals surface area contributed by atoms with Gasteiger partial charge in [0, 0.05) is 13.2 Å². The SMILES string of the molecule is CCOC(=O)[C@@]1(F)CN(C(=O)[C@@H]2CCCOC2)CC12COC2. The number of amides is 1. The minimum Gasteiger partial charge on any atom is -0.464 e. The molecule has 7 heteroatoms. The van der Waals surface area contributed by atoms with Gasteiger partial charge in [-0.1, -0.05) is 0 Å². The first-order valence-corrected chi connectivity index (χ1v) is 7.83. The third-order valence-corrected chi connectivity index (χ3v) is 4.92. The fourth-order valence-corrected chi connectivity index (χ4v) is 3.52. The summed E-state index contributed by atoms with van der Waals surface area (Å²) in [6, 6.07) is 0. The predicted octanol–water partition coefficient (Wildman–Crippen LogP) is 0.543. The maximum Gasteiger partial charge on any atom is 0.346 e. The summed E-state index contributed by atoms with van der Waals surface area (Å²) < 4.78 is 30.8. The molecule has 2 atom stereocenters. The van der Waals surface area contributed by atoms with Crippen molar-refractivity contribution >= 4 is 11.9 Å². The molecule has 3 heterocycles. The first-order valence-electron chi connectivity index (χ1n) is 7.83. The molecule has 3 rings (SSSR count). The van der Waals surface area contributed by atoms with E-state index in [9.17, 15) is 9.59 Å². The first kappa shape index (κ1) is 15.7. The van der Waals surface area contributed by atoms with E-state index in [1.165, 1.54) is 4.90 Å². The van der Waals surface area contributed by atoms with Crippen molar-refractivity contribution in [1.29, 1.82) is 0 Å². The van der Waals surface area contributed by atoms with Crippen LogP contribution in [-0.2, 0) is 23.8 Å². The van der Waals surface area contributed by atoms with Gasteiger partial charge in [0.2, 0.25) is 11.6 Å². The lowest BCUT2D eigenvalue weighted by molar-refractivity contribution is -0.196. The molecule has 0 bridgehead atoms. The number of likely N-dealkylation sites (tertiary alicyclic amines) is 1. The zero-order valence-corrected chi connectivity index (χ0v) is 12.8. The summed E-state index contributed by atoms with van der Waals surface area (Å²) >= 11 is 0. The molecule has 0 saturated carbocycles. The molecule has 3 aliphatic heterocycles. The van der Waals surface area contributed by atoms with Gasteiger partial charge < -0.3 is 19.1 Å². The molecule has 3 aliphatic rings. The number of carbonyl (C=O) groups is 2. The molecule has 0 aromatic carbocycles. The quantitative estimate of drug-likeness (QED) is 0.711. The molecule has 0 aliphatic carbocycles. The third kappa shape index (κ3) is 2.31. The number of nitrogens with zero attached hydrogens (tertiary/aromatic N) is 1. The van der Waals surface area contributed by atoms with E-state index in [1.54, 1.807) is 6.92 Å². The van der Waals surface area contributed by atoms with Crippen LogP contribution in [0.4, 0.5) is 4.39 Å². The summed E-state index contributed by atoms with van der Waals surface area (Å²) in [7, 11) is 0. The number of carbonyl (C=O) groups excluding carboxylic acids is 2. The average molecular weight is 315 g/mol. The van der Waals surface area contributed by atoms with Crippen molar-refractivity contribution in [1.82, 2.24) is 4.90 Å². The number of alkyl halides is 1. The van der Waals surface area contributed by atoms with Gasteiger partial charge in [0.15, 0.2) is 0 Å². The van der Waals surface area contributed by atoms with E-state index in [2.05, 4.69) is 0 Å². The van der Waals surface area contributed by atoms with E-state index >= 15 is 4.39 Å². The van der Waals surface area contributed by atoms with Crippen molar-refractivity contribution in [3.63, 3.8) is 0 Å². The molecule has 3 saturated heterocycles. The summed E-state index contributed by atoms with van der Waals surface area (Å²) in [5.41, 5.74) is -3.13. The Hall–Kier alpha value is -1.21. The van der Waals surface area contributed by atoms with E-state index in [1.807, 2.05) is 0 Å². The molecule has 6 nitrogen and oxygen atoms in total. The van der Waals surface area contributed by atoms with Gasteiger partial charge >= 0.3 is 5.97 Å². The van der Waals surface area contributed by atoms with Crippen LogP contribution < -0.4 is 0 Å². The second-order valence-electron chi connectivity index (χ2n) is 6.40. The fourth-order valence-electron chi connectivity index (χ4n) is 3.52. The van der Waals surface area contributed by atoms with Crippen LogP contribution >= 0.6 is 0 Å². The van der Waals surface area contributed by atoms with Gasteiger partial charge in [-0.05, 0) is 19.8 Å². The molecule has 124 valence electrons. The number of esters is 1. The molecule has 0 radical (unpaired) electrons. The van der Waals surface area contributed by atoms with E-state index < -0.39 is 17.1 Å². The second-order valence-corrected chi connectivity index (χ2v) is 6.40. The zero-order valence-electron chi connectivity index (χ0n) is 12.8. The van der Waals surface area contributed by atoms with Gasteiger partial charge in [0.25, 0.3) is 0 Å². The molecule has 3 fully saturated rings. The molecule has 1 amide bonds. The number of halogens is 1. The third-order valence-electron chi connectivity index (χ3n) is 4.92. The van der Waals surface area contributed by atoms with Crippen molar-refractivity contribution in [3.8, 4) is 0 Å². The molecular weight excluding hydrogens is 293 g/mol. The lowest BCUT2D eigenvalue weighted by atomic mass is 9.74. The number of hydrogen-bond donors (Lipinski definition) is 0. The first-order chi connectivity index (χ1) is 10.5. The molecule has 0 aromatic heterocycles. The Morgan fingerprint density at radius 3 is 2.64 bits per heavy atom. The van der Waals surface area contributed by atoms with Crippen LogP contribution in [-0.4, -0.2) is 68.6 Å². The Kier molecular flexibility index (Phi) is 4.11. The Labute approximate surface area is 128 Å². The molecule has 0 unspecified atom stereocenters. The molecule has 22 heavy (non-hydrogen) atoms. The van der Waals surface area contributed by atoms with Crippen molar-refractivity contribution in [2.45, 2.75) is 25.4 Å². The van der Waals surface area contributed by atoms with Crippen LogP contribution in [0.15, 0.2) is 0 Å². The highest BCUT2D eigenvalue weighted by molar-refractivity contribution is 5.86. The maximum absolute atomic E-state index is 15.4. The van der Waals surface area contributed by atoms with Crippen molar-refractivity contribution in [2.24, 2.45) is 11.3 Å². The van der Waals surface area contributed by atoms with E-state index in [4.69, 9.17) is 14.2 Å². The fraction of sp³-hybridized carbons (Fsp3) is 0.867. The topological polar surface area (TPSA) is 65.1 Å². The molecule has 1 spiro atoms. The van der Waals surface area contributed by atoms with Crippen LogP contribution in [0.25, 0.3) is 0 Å². The van der Waals surface area contributed by atoms with Gasteiger partial charge in [-0.25, -0.2) is 9.18 Å². The van der Waals surface area contributed by atoms with Gasteiger partial charge in [-0.3, -0.25) is 4.79 Å². The van der Waals surface area contributed by atoms with Crippen LogP contribution in [0, 0.1) is 11.3 Å². The van der Waals surface area contributed by atoms with Gasteiger partial charge in [-0.2, -0.15) is 0 Å². The Balaban J connectivity index is 1.76. The van der Waals surface area contributed by atoms with Crippen molar-refractivity contribution in [3.05, 3.63) is 0 Å². The number of hydrogen-bond acceptors (Lipinski definition) is 5. The van der Waals surface area contributed by atoms with E-state index in [-0.39, 0.29) is 44.7 Å². The van der Waals surface area contributed by atoms with E-state index in [0.29, 0.717) is 13.2 Å². The zero-order chi connectivity index (χ0) is 15.8. The summed E-state index contributed by atoms with van der Waals surface area (Å²) in [5, 5.41) is 0. The summed E-state index contributed by atoms with van der Waals surface area (Å²) in [6.07, 6.45) is 1.58. The number of rotatable bonds is 3. The second kappa shape index (κ2) is 5.77. The Morgan fingerprint density at radius 1 is 1.32 bits per heavy atom. The predicted molar refractivity (Wildman–Crippen MR) is 73.8 cm³/mol. The normalized spacial score (nSPS) is 33.5. The minimum absolute atomic E-state index is 0.117. The molecule has 0 aromatic rings. The summed E-state index contributed by atoms with van der Waals surface area (Å²) in [4.78, 5) is 26.1. The minimum atomic E-state index is -2.17. The largest absolute Gasteiger partial charge is 0.464 e. The van der Waals surface area contributed by atoms with Gasteiger partial charge in [0.1, 0.15) is 0 Å². The Bertz CT molecular complexity index is 461. The lowest BCUT2D eigenvalue weighted by Gasteiger charge is -2.43. The van der Waals surface area contributed by atoms with Crippen molar-refractivity contribution < 1.29 is 28.2 Å². The maximum atomic E-state index is 15.4.